The van der Waals surface area contributed by atoms with E-state index >= 15 is 0 Å². The molecule has 1 aliphatic rings. The van der Waals surface area contributed by atoms with E-state index in [0.717, 1.165) is 22.3 Å². The van der Waals surface area contributed by atoms with Gasteiger partial charge in [0, 0.05) is 20.1 Å². The van der Waals surface area contributed by atoms with E-state index in [0.29, 0.717) is 19.6 Å². The zero-order chi connectivity index (χ0) is 16.9. The number of carbonyl (C=O) groups excluding carboxylic acids is 1. The highest BCUT2D eigenvalue weighted by atomic mass is 16.5. The maximum Gasteiger partial charge on any atom is 0.315 e. The van der Waals surface area contributed by atoms with Gasteiger partial charge in [-0.15, -0.1) is 0 Å². The van der Waals surface area contributed by atoms with Crippen LogP contribution in [-0.4, -0.2) is 24.4 Å². The van der Waals surface area contributed by atoms with E-state index in [1.807, 2.05) is 48.5 Å². The van der Waals surface area contributed by atoms with E-state index < -0.39 is 6.10 Å². The number of methoxy groups -OCH3 is 1. The molecule has 1 aliphatic carbocycles. The molecule has 0 heterocycles. The monoisotopic (exact) mass is 326 g/mol. The molecule has 5 nitrogen and oxygen atoms in total. The second-order valence-electron chi connectivity index (χ2n) is 6.03. The van der Waals surface area contributed by atoms with Crippen molar-refractivity contribution in [1.82, 2.24) is 10.6 Å². The van der Waals surface area contributed by atoms with Crippen LogP contribution in [0.2, 0.25) is 0 Å². The molecule has 5 heteroatoms. The maximum atomic E-state index is 12.2. The van der Waals surface area contributed by atoms with E-state index in [4.69, 9.17) is 4.74 Å². The minimum atomic E-state index is -0.585. The van der Waals surface area contributed by atoms with Crippen molar-refractivity contribution in [3.8, 4) is 0 Å². The van der Waals surface area contributed by atoms with Crippen molar-refractivity contribution in [3.63, 3.8) is 0 Å². The molecule has 0 saturated heterocycles. The van der Waals surface area contributed by atoms with Crippen LogP contribution >= 0.6 is 0 Å². The molecule has 0 radical (unpaired) electrons. The summed E-state index contributed by atoms with van der Waals surface area (Å²) in [6.45, 7) is 0.971. The largest absolute Gasteiger partial charge is 0.390 e. The number of fused-ring (bicyclic) bond motifs is 1. The third-order valence-electron chi connectivity index (χ3n) is 4.25. The summed E-state index contributed by atoms with van der Waals surface area (Å²) in [5.74, 6) is 0. The number of benzene rings is 2. The standard InChI is InChI=1S/C19H22N2O3/c1-24-12-14-6-4-5-13(9-14)11-20-19(23)21-18-16-8-3-2-7-15(16)10-17(18)22/h2-9,17-18,22H,10-12H2,1H3,(H2,20,21,23). The summed E-state index contributed by atoms with van der Waals surface area (Å²) in [6.07, 6.45) is -0.0154. The Morgan fingerprint density at radius 2 is 2.00 bits per heavy atom. The van der Waals surface area contributed by atoms with Crippen molar-refractivity contribution in [1.29, 1.82) is 0 Å². The number of hydrogen-bond acceptors (Lipinski definition) is 3. The first kappa shape index (κ1) is 16.5. The van der Waals surface area contributed by atoms with Crippen molar-refractivity contribution < 1.29 is 14.6 Å². The van der Waals surface area contributed by atoms with Crippen molar-refractivity contribution in [2.24, 2.45) is 0 Å². The van der Waals surface area contributed by atoms with Gasteiger partial charge in [-0.05, 0) is 22.3 Å². The lowest BCUT2D eigenvalue weighted by atomic mass is 10.1. The number of aliphatic hydroxyl groups excluding tert-OH is 1. The molecule has 0 aromatic heterocycles. The fourth-order valence-electron chi connectivity index (χ4n) is 3.12. The smallest absolute Gasteiger partial charge is 0.315 e. The van der Waals surface area contributed by atoms with Crippen LogP contribution in [0.15, 0.2) is 48.5 Å². The van der Waals surface area contributed by atoms with E-state index in [-0.39, 0.29) is 12.1 Å². The van der Waals surface area contributed by atoms with Gasteiger partial charge >= 0.3 is 6.03 Å². The third-order valence-corrected chi connectivity index (χ3v) is 4.25. The quantitative estimate of drug-likeness (QED) is 0.789. The van der Waals surface area contributed by atoms with Crippen LogP contribution in [0.5, 0.6) is 0 Å². The number of amides is 2. The summed E-state index contributed by atoms with van der Waals surface area (Å²) >= 11 is 0. The molecular weight excluding hydrogens is 304 g/mol. The van der Waals surface area contributed by atoms with Crippen molar-refractivity contribution in [2.75, 3.05) is 7.11 Å². The average molecular weight is 326 g/mol. The average Bonchev–Trinajstić information content (AvgIpc) is 2.89. The molecule has 2 aromatic carbocycles. The molecule has 2 unspecified atom stereocenters. The van der Waals surface area contributed by atoms with Crippen LogP contribution in [0.25, 0.3) is 0 Å². The fraction of sp³-hybridized carbons (Fsp3) is 0.316. The van der Waals surface area contributed by atoms with Gasteiger partial charge in [-0.1, -0.05) is 48.5 Å². The molecule has 0 saturated carbocycles. The zero-order valence-corrected chi connectivity index (χ0v) is 13.7. The Morgan fingerprint density at radius 3 is 2.83 bits per heavy atom. The Kier molecular flexibility index (Phi) is 5.13. The van der Waals surface area contributed by atoms with Crippen LogP contribution in [0.1, 0.15) is 28.3 Å². The molecule has 2 aromatic rings. The topological polar surface area (TPSA) is 70.6 Å². The van der Waals surface area contributed by atoms with Gasteiger partial charge in [0.25, 0.3) is 0 Å². The Bertz CT molecular complexity index is 717. The fourth-order valence-corrected chi connectivity index (χ4v) is 3.12. The number of ether oxygens (including phenoxy) is 1. The molecule has 0 fully saturated rings. The number of nitrogens with one attached hydrogen (secondary N) is 2. The van der Waals surface area contributed by atoms with Gasteiger partial charge in [0.1, 0.15) is 0 Å². The predicted molar refractivity (Wildman–Crippen MR) is 91.4 cm³/mol. The van der Waals surface area contributed by atoms with Crippen molar-refractivity contribution in [3.05, 3.63) is 70.8 Å². The van der Waals surface area contributed by atoms with Crippen LogP contribution < -0.4 is 10.6 Å². The second-order valence-corrected chi connectivity index (χ2v) is 6.03. The highest BCUT2D eigenvalue weighted by Gasteiger charge is 2.31. The normalized spacial score (nSPS) is 18.9. The van der Waals surface area contributed by atoms with E-state index in [1.54, 1.807) is 7.11 Å². The lowest BCUT2D eigenvalue weighted by Crippen LogP contribution is -2.40. The Labute approximate surface area is 141 Å². The first-order valence-electron chi connectivity index (χ1n) is 8.04. The molecule has 0 spiro atoms. The van der Waals surface area contributed by atoms with Crippen LogP contribution in [0, 0.1) is 0 Å². The number of aliphatic hydroxyl groups is 1. The lowest BCUT2D eigenvalue weighted by molar-refractivity contribution is 0.142. The number of rotatable bonds is 5. The summed E-state index contributed by atoms with van der Waals surface area (Å²) in [6, 6.07) is 15.0. The molecule has 2 amide bonds. The van der Waals surface area contributed by atoms with Gasteiger partial charge in [-0.3, -0.25) is 0 Å². The number of carbonyl (C=O) groups is 1. The first-order chi connectivity index (χ1) is 11.7. The van der Waals surface area contributed by atoms with Gasteiger partial charge in [-0.25, -0.2) is 4.79 Å². The molecule has 2 atom stereocenters. The van der Waals surface area contributed by atoms with Crippen LogP contribution in [0.3, 0.4) is 0 Å². The highest BCUT2D eigenvalue weighted by molar-refractivity contribution is 5.74. The van der Waals surface area contributed by atoms with Gasteiger partial charge in [-0.2, -0.15) is 0 Å². The predicted octanol–water partition coefficient (Wildman–Crippen LogP) is 2.29. The van der Waals surface area contributed by atoms with E-state index in [2.05, 4.69) is 10.6 Å². The third kappa shape index (κ3) is 3.75. The molecule has 0 aliphatic heterocycles. The second kappa shape index (κ2) is 7.47. The first-order valence-corrected chi connectivity index (χ1v) is 8.04. The summed E-state index contributed by atoms with van der Waals surface area (Å²) in [4.78, 5) is 12.2. The molecule has 126 valence electrons. The summed E-state index contributed by atoms with van der Waals surface area (Å²) in [5, 5.41) is 15.9. The van der Waals surface area contributed by atoms with Gasteiger partial charge in [0.15, 0.2) is 0 Å². The van der Waals surface area contributed by atoms with Gasteiger partial charge in [0.2, 0.25) is 0 Å². The Balaban J connectivity index is 1.57. The van der Waals surface area contributed by atoms with E-state index in [1.165, 1.54) is 0 Å². The number of hydrogen-bond donors (Lipinski definition) is 3. The van der Waals surface area contributed by atoms with Gasteiger partial charge in [0.05, 0.1) is 18.8 Å². The Hall–Kier alpha value is -2.37. The highest BCUT2D eigenvalue weighted by Crippen LogP contribution is 2.31. The van der Waals surface area contributed by atoms with Crippen LogP contribution in [-0.2, 0) is 24.3 Å². The minimum absolute atomic E-state index is 0.284. The Morgan fingerprint density at radius 1 is 1.21 bits per heavy atom. The summed E-state index contributed by atoms with van der Waals surface area (Å²) in [7, 11) is 1.66. The molecule has 0 bridgehead atoms. The summed E-state index contributed by atoms with van der Waals surface area (Å²) in [5.41, 5.74) is 4.15. The SMILES string of the molecule is COCc1cccc(CNC(=O)NC2c3ccccc3CC2O)c1. The van der Waals surface area contributed by atoms with E-state index in [9.17, 15) is 9.90 Å². The number of urea groups is 1. The van der Waals surface area contributed by atoms with Crippen molar-refractivity contribution in [2.45, 2.75) is 31.7 Å². The van der Waals surface area contributed by atoms with Crippen molar-refractivity contribution >= 4 is 6.03 Å². The summed E-state index contributed by atoms with van der Waals surface area (Å²) < 4.78 is 5.11. The molecular formula is C19H22N2O3. The molecule has 3 rings (SSSR count). The van der Waals surface area contributed by atoms with Gasteiger partial charge < -0.3 is 20.5 Å². The lowest BCUT2D eigenvalue weighted by Gasteiger charge is -2.18. The molecule has 24 heavy (non-hydrogen) atoms. The van der Waals surface area contributed by atoms with Crippen LogP contribution in [0.4, 0.5) is 4.79 Å². The zero-order valence-electron chi connectivity index (χ0n) is 13.7. The minimum Gasteiger partial charge on any atom is -0.390 e. The maximum absolute atomic E-state index is 12.2. The molecule has 3 N–H and O–H groups in total.